The Balaban J connectivity index is 2.39. The summed E-state index contributed by atoms with van der Waals surface area (Å²) in [5, 5.41) is 0.419. The molecule has 0 N–H and O–H groups in total. The number of anilines is 1. The summed E-state index contributed by atoms with van der Waals surface area (Å²) < 4.78 is 27.5. The number of carbonyl (C=O) groups excluding carboxylic acids is 1. The van der Waals surface area contributed by atoms with Crippen molar-refractivity contribution in [2.45, 2.75) is 18.7 Å². The van der Waals surface area contributed by atoms with Gasteiger partial charge in [0.25, 0.3) is 5.91 Å². The third kappa shape index (κ3) is 4.28. The van der Waals surface area contributed by atoms with E-state index in [4.69, 9.17) is 11.6 Å². The number of sulfonamides is 1. The number of hydrogen-bond acceptors (Lipinski definition) is 3. The number of benzene rings is 2. The second-order valence-corrected chi connectivity index (χ2v) is 8.84. The zero-order chi connectivity index (χ0) is 19.5. The van der Waals surface area contributed by atoms with Crippen molar-refractivity contribution >= 4 is 49.1 Å². The maximum Gasteiger partial charge on any atom is 0.258 e. The summed E-state index contributed by atoms with van der Waals surface area (Å²) in [6.45, 7) is 4.29. The normalized spacial score (nSPS) is 11.6. The lowest BCUT2D eigenvalue weighted by Crippen LogP contribution is -2.31. The lowest BCUT2D eigenvalue weighted by atomic mass is 10.2. The van der Waals surface area contributed by atoms with Gasteiger partial charge in [0.15, 0.2) is 0 Å². The van der Waals surface area contributed by atoms with Crippen LogP contribution < -0.4 is 4.90 Å². The molecule has 26 heavy (non-hydrogen) atoms. The van der Waals surface area contributed by atoms with Crippen molar-refractivity contribution < 1.29 is 13.2 Å². The molecule has 2 aromatic carbocycles. The van der Waals surface area contributed by atoms with Gasteiger partial charge in [-0.05, 0) is 36.4 Å². The Kier molecular flexibility index (Phi) is 6.85. The van der Waals surface area contributed by atoms with Crippen LogP contribution in [0.3, 0.4) is 0 Å². The van der Waals surface area contributed by atoms with Gasteiger partial charge in [-0.1, -0.05) is 47.4 Å². The van der Waals surface area contributed by atoms with Crippen LogP contribution in [0.4, 0.5) is 5.69 Å². The third-order valence-electron chi connectivity index (χ3n) is 4.00. The van der Waals surface area contributed by atoms with E-state index >= 15 is 0 Å². The minimum atomic E-state index is -3.63. The summed E-state index contributed by atoms with van der Waals surface area (Å²) in [6, 6.07) is 11.3. The van der Waals surface area contributed by atoms with E-state index in [0.717, 1.165) is 4.47 Å². The molecule has 140 valence electrons. The maximum atomic E-state index is 12.8. The van der Waals surface area contributed by atoms with Gasteiger partial charge in [-0.15, -0.1) is 0 Å². The molecule has 0 radical (unpaired) electrons. The fourth-order valence-corrected chi connectivity index (χ4v) is 4.86. The van der Waals surface area contributed by atoms with Crippen molar-refractivity contribution in [2.75, 3.05) is 25.0 Å². The molecule has 0 aliphatic carbocycles. The van der Waals surface area contributed by atoms with E-state index in [1.165, 1.54) is 21.3 Å². The summed E-state index contributed by atoms with van der Waals surface area (Å²) in [5.41, 5.74) is 0.816. The third-order valence-corrected chi connectivity index (χ3v) is 6.84. The first-order chi connectivity index (χ1) is 12.2. The van der Waals surface area contributed by atoms with Crippen molar-refractivity contribution in [3.8, 4) is 0 Å². The van der Waals surface area contributed by atoms with Crippen LogP contribution >= 0.6 is 27.5 Å². The summed E-state index contributed by atoms with van der Waals surface area (Å²) in [5.74, 6) is -0.342. The van der Waals surface area contributed by atoms with Gasteiger partial charge < -0.3 is 4.90 Å². The summed E-state index contributed by atoms with van der Waals surface area (Å²) in [4.78, 5) is 14.3. The topological polar surface area (TPSA) is 57.7 Å². The van der Waals surface area contributed by atoms with Crippen molar-refractivity contribution in [1.29, 1.82) is 0 Å². The Morgan fingerprint density at radius 1 is 1.12 bits per heavy atom. The van der Waals surface area contributed by atoms with E-state index in [9.17, 15) is 13.2 Å². The number of carbonyl (C=O) groups is 1. The molecule has 5 nitrogen and oxygen atoms in total. The zero-order valence-corrected chi connectivity index (χ0v) is 17.9. The molecule has 0 aliphatic heterocycles. The second kappa shape index (κ2) is 8.52. The lowest BCUT2D eigenvalue weighted by Gasteiger charge is -2.21. The molecule has 0 saturated carbocycles. The van der Waals surface area contributed by atoms with E-state index in [1.54, 1.807) is 51.2 Å². The van der Waals surface area contributed by atoms with E-state index in [0.29, 0.717) is 23.8 Å². The Bertz CT molecular complexity index is 914. The second-order valence-electron chi connectivity index (χ2n) is 5.58. The highest BCUT2D eigenvalue weighted by atomic mass is 79.9. The summed E-state index contributed by atoms with van der Waals surface area (Å²) in [6.07, 6.45) is 0. The van der Waals surface area contributed by atoms with Crippen LogP contribution in [0.15, 0.2) is 51.8 Å². The van der Waals surface area contributed by atoms with Crippen LogP contribution in [0.1, 0.15) is 24.2 Å². The Morgan fingerprint density at radius 3 is 2.35 bits per heavy atom. The minimum Gasteiger partial charge on any atom is -0.310 e. The molecular weight excluding hydrogens is 440 g/mol. The first-order valence-electron chi connectivity index (χ1n) is 8.05. The average Bonchev–Trinajstić information content (AvgIpc) is 2.61. The molecule has 2 aromatic rings. The molecule has 0 atom stereocenters. The predicted octanol–water partition coefficient (Wildman–Crippen LogP) is 4.41. The number of nitrogens with zero attached hydrogens (tertiary/aromatic N) is 2. The van der Waals surface area contributed by atoms with Crippen molar-refractivity contribution in [1.82, 2.24) is 4.31 Å². The van der Waals surface area contributed by atoms with Gasteiger partial charge in [0.2, 0.25) is 10.0 Å². The molecule has 0 spiro atoms. The minimum absolute atomic E-state index is 0.0994. The van der Waals surface area contributed by atoms with Crippen LogP contribution in [-0.2, 0) is 10.0 Å². The molecule has 0 bridgehead atoms. The predicted molar refractivity (Wildman–Crippen MR) is 108 cm³/mol. The molecule has 8 heteroatoms. The zero-order valence-electron chi connectivity index (χ0n) is 14.7. The van der Waals surface area contributed by atoms with Crippen LogP contribution in [0.2, 0.25) is 5.02 Å². The molecule has 0 saturated heterocycles. The van der Waals surface area contributed by atoms with Crippen LogP contribution in [-0.4, -0.2) is 38.8 Å². The van der Waals surface area contributed by atoms with Crippen molar-refractivity contribution in [3.05, 3.63) is 57.5 Å². The maximum absolute atomic E-state index is 12.8. The molecule has 0 aliphatic rings. The van der Waals surface area contributed by atoms with E-state index < -0.39 is 10.0 Å². The van der Waals surface area contributed by atoms with Gasteiger partial charge in [0, 0.05) is 30.2 Å². The SMILES string of the molecule is CCN(CC)S(=O)(=O)c1cccc(C(=O)N(C)c2ccc(Br)cc2Cl)c1. The fraction of sp³-hybridized carbons (Fsp3) is 0.278. The highest BCUT2D eigenvalue weighted by Gasteiger charge is 2.23. The van der Waals surface area contributed by atoms with Gasteiger partial charge in [-0.25, -0.2) is 8.42 Å². The summed E-state index contributed by atoms with van der Waals surface area (Å²) in [7, 11) is -2.03. The molecule has 1 amide bonds. The van der Waals surface area contributed by atoms with Gasteiger partial charge in [-0.3, -0.25) is 4.79 Å². The molecule has 0 unspecified atom stereocenters. The Hall–Kier alpha value is -1.41. The van der Waals surface area contributed by atoms with Gasteiger partial charge >= 0.3 is 0 Å². The Labute approximate surface area is 167 Å². The molecule has 2 rings (SSSR count). The van der Waals surface area contributed by atoms with E-state index in [1.807, 2.05) is 0 Å². The first-order valence-corrected chi connectivity index (χ1v) is 10.7. The first kappa shape index (κ1) is 20.9. The number of hydrogen-bond donors (Lipinski definition) is 0. The van der Waals surface area contributed by atoms with E-state index in [-0.39, 0.29) is 16.4 Å². The largest absolute Gasteiger partial charge is 0.310 e. The van der Waals surface area contributed by atoms with Crippen LogP contribution in [0.25, 0.3) is 0 Å². The monoisotopic (exact) mass is 458 g/mol. The number of amides is 1. The Morgan fingerprint density at radius 2 is 1.77 bits per heavy atom. The molecule has 0 heterocycles. The quantitative estimate of drug-likeness (QED) is 0.643. The standard InChI is InChI=1S/C18H20BrClN2O3S/c1-4-22(5-2)26(24,25)15-8-6-7-13(11-15)18(23)21(3)17-10-9-14(19)12-16(17)20/h6-12H,4-5H2,1-3H3. The van der Waals surface area contributed by atoms with Gasteiger partial charge in [0.05, 0.1) is 15.6 Å². The number of rotatable bonds is 6. The summed E-state index contributed by atoms with van der Waals surface area (Å²) >= 11 is 9.54. The van der Waals surface area contributed by atoms with E-state index in [2.05, 4.69) is 15.9 Å². The fourth-order valence-electron chi connectivity index (χ4n) is 2.56. The van der Waals surface area contributed by atoms with Gasteiger partial charge in [-0.2, -0.15) is 4.31 Å². The molecule has 0 aromatic heterocycles. The smallest absolute Gasteiger partial charge is 0.258 e. The highest BCUT2D eigenvalue weighted by molar-refractivity contribution is 9.10. The van der Waals surface area contributed by atoms with Crippen LogP contribution in [0.5, 0.6) is 0 Å². The van der Waals surface area contributed by atoms with Crippen LogP contribution in [0, 0.1) is 0 Å². The lowest BCUT2D eigenvalue weighted by molar-refractivity contribution is 0.0993. The number of halogens is 2. The van der Waals surface area contributed by atoms with Crippen molar-refractivity contribution in [3.63, 3.8) is 0 Å². The molecule has 0 fully saturated rings. The highest BCUT2D eigenvalue weighted by Crippen LogP contribution is 2.29. The van der Waals surface area contributed by atoms with Gasteiger partial charge in [0.1, 0.15) is 0 Å². The average molecular weight is 460 g/mol. The van der Waals surface area contributed by atoms with Crippen molar-refractivity contribution in [2.24, 2.45) is 0 Å². The molecular formula is C18H20BrClN2O3S.